The standard InChI is InChI=1S/C23H38N4O3/c1-5-6-15-29-21-16-20(24-17-25-21)26-11-7-18(8-12-26)19-9-13-27(14-10-19)22(28)30-23(2,3)4/h16-19H,5-15H2,1-4H3. The third-order valence-electron chi connectivity index (χ3n) is 6.10. The summed E-state index contributed by atoms with van der Waals surface area (Å²) in [5, 5.41) is 0. The van der Waals surface area contributed by atoms with Crippen molar-refractivity contribution < 1.29 is 14.3 Å². The van der Waals surface area contributed by atoms with Crippen molar-refractivity contribution >= 4 is 11.9 Å². The van der Waals surface area contributed by atoms with Crippen LogP contribution < -0.4 is 9.64 Å². The van der Waals surface area contributed by atoms with E-state index in [0.717, 1.165) is 63.6 Å². The van der Waals surface area contributed by atoms with E-state index < -0.39 is 5.60 Å². The van der Waals surface area contributed by atoms with Crippen molar-refractivity contribution in [3.8, 4) is 5.88 Å². The molecule has 3 heterocycles. The molecule has 0 atom stereocenters. The molecule has 2 aliphatic heterocycles. The summed E-state index contributed by atoms with van der Waals surface area (Å²) in [5.41, 5.74) is -0.428. The van der Waals surface area contributed by atoms with Gasteiger partial charge in [0, 0.05) is 32.2 Å². The predicted octanol–water partition coefficient (Wildman–Crippen LogP) is 4.52. The molecule has 1 aromatic heterocycles. The first-order chi connectivity index (χ1) is 14.4. The smallest absolute Gasteiger partial charge is 0.410 e. The number of rotatable bonds is 6. The molecule has 0 unspecified atom stereocenters. The van der Waals surface area contributed by atoms with Gasteiger partial charge in [-0.05, 0) is 64.7 Å². The molecule has 0 aromatic carbocycles. The molecule has 1 aromatic rings. The van der Waals surface area contributed by atoms with E-state index in [1.54, 1.807) is 6.33 Å². The number of nitrogens with zero attached hydrogens (tertiary/aromatic N) is 4. The predicted molar refractivity (Wildman–Crippen MR) is 118 cm³/mol. The molecule has 7 nitrogen and oxygen atoms in total. The second kappa shape index (κ2) is 10.3. The number of hydrogen-bond acceptors (Lipinski definition) is 6. The number of amides is 1. The third-order valence-corrected chi connectivity index (χ3v) is 6.10. The Labute approximate surface area is 181 Å². The van der Waals surface area contributed by atoms with Crippen LogP contribution in [0.25, 0.3) is 0 Å². The van der Waals surface area contributed by atoms with Crippen LogP contribution in [-0.2, 0) is 4.74 Å². The summed E-state index contributed by atoms with van der Waals surface area (Å²) in [5.74, 6) is 3.06. The lowest BCUT2D eigenvalue weighted by atomic mass is 9.79. The Morgan fingerprint density at radius 2 is 1.70 bits per heavy atom. The van der Waals surface area contributed by atoms with Gasteiger partial charge in [0.2, 0.25) is 5.88 Å². The summed E-state index contributed by atoms with van der Waals surface area (Å²) in [6, 6.07) is 1.97. The molecule has 2 fully saturated rings. The molecule has 1 amide bonds. The molecule has 30 heavy (non-hydrogen) atoms. The highest BCUT2D eigenvalue weighted by Gasteiger charge is 2.32. The van der Waals surface area contributed by atoms with Gasteiger partial charge < -0.3 is 19.3 Å². The maximum Gasteiger partial charge on any atom is 0.410 e. The van der Waals surface area contributed by atoms with Gasteiger partial charge in [-0.15, -0.1) is 0 Å². The lowest BCUT2D eigenvalue weighted by Crippen LogP contribution is -2.44. The molecule has 7 heteroatoms. The van der Waals surface area contributed by atoms with Gasteiger partial charge in [-0.25, -0.2) is 14.8 Å². The zero-order chi connectivity index (χ0) is 21.6. The van der Waals surface area contributed by atoms with Crippen molar-refractivity contribution in [3.05, 3.63) is 12.4 Å². The molecule has 168 valence electrons. The van der Waals surface area contributed by atoms with E-state index in [4.69, 9.17) is 9.47 Å². The van der Waals surface area contributed by atoms with Crippen LogP contribution in [0.5, 0.6) is 5.88 Å². The Balaban J connectivity index is 1.44. The molecule has 0 bridgehead atoms. The number of likely N-dealkylation sites (tertiary alicyclic amines) is 1. The van der Waals surface area contributed by atoms with Crippen molar-refractivity contribution in [2.24, 2.45) is 11.8 Å². The normalized spacial score (nSPS) is 19.1. The lowest BCUT2D eigenvalue weighted by Gasteiger charge is -2.40. The maximum absolute atomic E-state index is 12.3. The Hall–Kier alpha value is -2.05. The van der Waals surface area contributed by atoms with E-state index in [2.05, 4.69) is 21.8 Å². The summed E-state index contributed by atoms with van der Waals surface area (Å²) in [4.78, 5) is 25.2. The Morgan fingerprint density at radius 3 is 2.30 bits per heavy atom. The van der Waals surface area contributed by atoms with Crippen LogP contribution in [-0.4, -0.2) is 59.3 Å². The Bertz CT molecular complexity index is 675. The van der Waals surface area contributed by atoms with Crippen LogP contribution in [0.4, 0.5) is 10.6 Å². The zero-order valence-electron chi connectivity index (χ0n) is 19.1. The molecular formula is C23H38N4O3. The Morgan fingerprint density at radius 1 is 1.07 bits per heavy atom. The lowest BCUT2D eigenvalue weighted by molar-refractivity contribution is 0.0152. The van der Waals surface area contributed by atoms with Gasteiger partial charge in [0.25, 0.3) is 0 Å². The molecule has 0 saturated carbocycles. The fourth-order valence-electron chi connectivity index (χ4n) is 4.38. The van der Waals surface area contributed by atoms with Gasteiger partial charge in [0.1, 0.15) is 17.7 Å². The fraction of sp³-hybridized carbons (Fsp3) is 0.783. The maximum atomic E-state index is 12.3. The highest BCUT2D eigenvalue weighted by atomic mass is 16.6. The van der Waals surface area contributed by atoms with Gasteiger partial charge in [-0.2, -0.15) is 0 Å². The zero-order valence-corrected chi connectivity index (χ0v) is 19.1. The molecular weight excluding hydrogens is 380 g/mol. The van der Waals surface area contributed by atoms with E-state index in [1.165, 1.54) is 12.8 Å². The van der Waals surface area contributed by atoms with Crippen LogP contribution in [0, 0.1) is 11.8 Å². The number of ether oxygens (including phenoxy) is 2. The van der Waals surface area contributed by atoms with Gasteiger partial charge in [-0.3, -0.25) is 0 Å². The first-order valence-electron chi connectivity index (χ1n) is 11.5. The van der Waals surface area contributed by atoms with Gasteiger partial charge in [0.15, 0.2) is 0 Å². The largest absolute Gasteiger partial charge is 0.478 e. The summed E-state index contributed by atoms with van der Waals surface area (Å²) >= 11 is 0. The van der Waals surface area contributed by atoms with Gasteiger partial charge in [0.05, 0.1) is 6.61 Å². The monoisotopic (exact) mass is 418 g/mol. The van der Waals surface area contributed by atoms with Crippen LogP contribution in [0.2, 0.25) is 0 Å². The summed E-state index contributed by atoms with van der Waals surface area (Å²) in [7, 11) is 0. The van der Waals surface area contributed by atoms with Crippen LogP contribution in [0.15, 0.2) is 12.4 Å². The molecule has 2 aliphatic rings. The minimum Gasteiger partial charge on any atom is -0.478 e. The highest BCUT2D eigenvalue weighted by molar-refractivity contribution is 5.68. The van der Waals surface area contributed by atoms with Gasteiger partial charge in [-0.1, -0.05) is 13.3 Å². The van der Waals surface area contributed by atoms with Crippen LogP contribution in [0.1, 0.15) is 66.2 Å². The number of hydrogen-bond donors (Lipinski definition) is 0. The first-order valence-corrected chi connectivity index (χ1v) is 11.5. The Kier molecular flexibility index (Phi) is 7.78. The second-order valence-corrected chi connectivity index (χ2v) is 9.55. The van der Waals surface area contributed by atoms with E-state index in [-0.39, 0.29) is 6.09 Å². The second-order valence-electron chi connectivity index (χ2n) is 9.55. The van der Waals surface area contributed by atoms with Gasteiger partial charge >= 0.3 is 6.09 Å². The van der Waals surface area contributed by atoms with Crippen LogP contribution >= 0.6 is 0 Å². The van der Waals surface area contributed by atoms with Crippen molar-refractivity contribution in [1.29, 1.82) is 0 Å². The number of piperidine rings is 2. The summed E-state index contributed by atoms with van der Waals surface area (Å²) < 4.78 is 11.3. The topological polar surface area (TPSA) is 67.8 Å². The number of unbranched alkanes of at least 4 members (excludes halogenated alkanes) is 1. The third kappa shape index (κ3) is 6.47. The van der Waals surface area contributed by atoms with Crippen LogP contribution in [0.3, 0.4) is 0 Å². The number of anilines is 1. The van der Waals surface area contributed by atoms with E-state index >= 15 is 0 Å². The molecule has 0 radical (unpaired) electrons. The molecule has 0 aliphatic carbocycles. The van der Waals surface area contributed by atoms with E-state index in [1.807, 2.05) is 31.7 Å². The minimum atomic E-state index is -0.428. The van der Waals surface area contributed by atoms with E-state index in [0.29, 0.717) is 18.4 Å². The molecule has 0 spiro atoms. The number of aromatic nitrogens is 2. The molecule has 0 N–H and O–H groups in total. The number of carbonyl (C=O) groups excluding carboxylic acids is 1. The van der Waals surface area contributed by atoms with Crippen molar-refractivity contribution in [3.63, 3.8) is 0 Å². The average molecular weight is 419 g/mol. The van der Waals surface area contributed by atoms with Crippen molar-refractivity contribution in [1.82, 2.24) is 14.9 Å². The quantitative estimate of drug-likeness (QED) is 0.633. The highest BCUT2D eigenvalue weighted by Crippen LogP contribution is 2.34. The van der Waals surface area contributed by atoms with Crippen molar-refractivity contribution in [2.45, 2.75) is 71.8 Å². The minimum absolute atomic E-state index is 0.170. The average Bonchev–Trinajstić information content (AvgIpc) is 2.73. The van der Waals surface area contributed by atoms with Crippen molar-refractivity contribution in [2.75, 3.05) is 37.7 Å². The summed E-state index contributed by atoms with van der Waals surface area (Å²) in [6.45, 7) is 12.3. The fourth-order valence-corrected chi connectivity index (χ4v) is 4.38. The first kappa shape index (κ1) is 22.6. The SMILES string of the molecule is CCCCOc1cc(N2CCC(C3CCN(C(=O)OC(C)(C)C)CC3)CC2)ncn1. The summed E-state index contributed by atoms with van der Waals surface area (Å²) in [6.07, 6.45) is 8.09. The molecule has 2 saturated heterocycles. The van der Waals surface area contributed by atoms with E-state index in [9.17, 15) is 4.79 Å². The molecule has 3 rings (SSSR count). The number of carbonyl (C=O) groups is 1.